The highest BCUT2D eigenvalue weighted by molar-refractivity contribution is 4.92. The van der Waals surface area contributed by atoms with E-state index in [1.54, 1.807) is 0 Å². The predicted octanol–water partition coefficient (Wildman–Crippen LogP) is 2.10. The van der Waals surface area contributed by atoms with Crippen LogP contribution in [-0.2, 0) is 0 Å². The number of likely N-dealkylation sites (N-methyl/N-ethyl adjacent to an activating group) is 1. The quantitative estimate of drug-likeness (QED) is 0.744. The van der Waals surface area contributed by atoms with Gasteiger partial charge in [-0.05, 0) is 32.7 Å². The van der Waals surface area contributed by atoms with E-state index in [2.05, 4.69) is 44.8 Å². The van der Waals surface area contributed by atoms with Gasteiger partial charge in [-0.25, -0.2) is 0 Å². The largest absolute Gasteiger partial charge is 0.313 e. The monoisotopic (exact) mass is 198 g/mol. The molecule has 1 fully saturated rings. The van der Waals surface area contributed by atoms with Crippen molar-refractivity contribution >= 4 is 0 Å². The van der Waals surface area contributed by atoms with Crippen molar-refractivity contribution in [2.24, 2.45) is 5.92 Å². The first kappa shape index (κ1) is 12.0. The van der Waals surface area contributed by atoms with Crippen LogP contribution in [0.4, 0.5) is 0 Å². The average molecular weight is 198 g/mol. The molecule has 0 amide bonds. The zero-order chi connectivity index (χ0) is 10.7. The first-order valence-corrected chi connectivity index (χ1v) is 6.05. The molecule has 1 unspecified atom stereocenters. The van der Waals surface area contributed by atoms with Crippen molar-refractivity contribution in [3.63, 3.8) is 0 Å². The minimum atomic E-state index is 0.686. The molecule has 1 saturated heterocycles. The number of rotatable bonds is 4. The molecule has 1 aliphatic heterocycles. The molecule has 84 valence electrons. The Bertz CT molecular complexity index is 150. The number of nitrogens with one attached hydrogen (secondary N) is 1. The fraction of sp³-hybridized carbons (Fsp3) is 1.00. The smallest absolute Gasteiger partial charge is 0.0210 e. The van der Waals surface area contributed by atoms with Crippen LogP contribution in [0.2, 0.25) is 0 Å². The van der Waals surface area contributed by atoms with E-state index < -0.39 is 0 Å². The van der Waals surface area contributed by atoms with Crippen LogP contribution in [0, 0.1) is 5.92 Å². The van der Waals surface area contributed by atoms with E-state index in [1.165, 1.54) is 13.0 Å². The van der Waals surface area contributed by atoms with Crippen LogP contribution in [0.3, 0.4) is 0 Å². The summed E-state index contributed by atoms with van der Waals surface area (Å²) >= 11 is 0. The first-order valence-electron chi connectivity index (χ1n) is 6.05. The second-order valence-corrected chi connectivity index (χ2v) is 5.09. The third kappa shape index (κ3) is 2.71. The summed E-state index contributed by atoms with van der Waals surface area (Å²) in [6, 6.07) is 2.18. The maximum Gasteiger partial charge on any atom is 0.0210 e. The van der Waals surface area contributed by atoms with E-state index in [0.29, 0.717) is 6.04 Å². The summed E-state index contributed by atoms with van der Waals surface area (Å²) in [6.07, 6.45) is 1.32. The SMILES string of the molecule is CCNC1C[C@@H](C(C)C)N(C(C)C)C1. The molecule has 0 radical (unpaired) electrons. The number of likely N-dealkylation sites (tertiary alicyclic amines) is 1. The molecule has 1 N–H and O–H groups in total. The fourth-order valence-electron chi connectivity index (χ4n) is 2.58. The summed E-state index contributed by atoms with van der Waals surface area (Å²) in [5.41, 5.74) is 0. The van der Waals surface area contributed by atoms with Crippen molar-refractivity contribution in [2.75, 3.05) is 13.1 Å². The van der Waals surface area contributed by atoms with Gasteiger partial charge in [0.2, 0.25) is 0 Å². The standard InChI is InChI=1S/C12H26N2/c1-6-13-11-7-12(9(2)3)14(8-11)10(4)5/h9-13H,6-8H2,1-5H3/t11?,12-/m0/s1. The number of hydrogen-bond acceptors (Lipinski definition) is 2. The fourth-order valence-corrected chi connectivity index (χ4v) is 2.58. The summed E-state index contributed by atoms with van der Waals surface area (Å²) in [7, 11) is 0. The normalized spacial score (nSPS) is 29.4. The Hall–Kier alpha value is -0.0800. The van der Waals surface area contributed by atoms with Gasteiger partial charge in [0.05, 0.1) is 0 Å². The number of nitrogens with zero attached hydrogens (tertiary/aromatic N) is 1. The third-order valence-corrected chi connectivity index (χ3v) is 3.31. The Balaban J connectivity index is 2.56. The van der Waals surface area contributed by atoms with Gasteiger partial charge in [-0.15, -0.1) is 0 Å². The predicted molar refractivity (Wildman–Crippen MR) is 62.5 cm³/mol. The summed E-state index contributed by atoms with van der Waals surface area (Å²) in [4.78, 5) is 2.65. The van der Waals surface area contributed by atoms with E-state index in [9.17, 15) is 0 Å². The van der Waals surface area contributed by atoms with Crippen molar-refractivity contribution in [3.05, 3.63) is 0 Å². The van der Waals surface area contributed by atoms with Crippen LogP contribution in [0.5, 0.6) is 0 Å². The molecule has 14 heavy (non-hydrogen) atoms. The van der Waals surface area contributed by atoms with Crippen LogP contribution in [0.15, 0.2) is 0 Å². The summed E-state index contributed by atoms with van der Waals surface area (Å²) < 4.78 is 0. The molecule has 0 aromatic rings. The number of hydrogen-bond donors (Lipinski definition) is 1. The van der Waals surface area contributed by atoms with Crippen molar-refractivity contribution < 1.29 is 0 Å². The van der Waals surface area contributed by atoms with Gasteiger partial charge in [-0.3, -0.25) is 4.90 Å². The van der Waals surface area contributed by atoms with Crippen molar-refractivity contribution in [2.45, 2.75) is 59.2 Å². The van der Waals surface area contributed by atoms with Crippen molar-refractivity contribution in [1.29, 1.82) is 0 Å². The molecule has 0 spiro atoms. The lowest BCUT2D eigenvalue weighted by Gasteiger charge is -2.30. The maximum atomic E-state index is 3.57. The Morgan fingerprint density at radius 1 is 1.29 bits per heavy atom. The molecule has 2 heteroatoms. The van der Waals surface area contributed by atoms with Crippen LogP contribution < -0.4 is 5.32 Å². The Labute approximate surface area is 89.1 Å². The molecular formula is C12H26N2. The molecule has 0 aromatic carbocycles. The molecule has 0 aromatic heterocycles. The first-order chi connectivity index (χ1) is 6.56. The van der Waals surface area contributed by atoms with E-state index in [1.807, 2.05) is 0 Å². The highest BCUT2D eigenvalue weighted by Gasteiger charge is 2.34. The highest BCUT2D eigenvalue weighted by Crippen LogP contribution is 2.25. The van der Waals surface area contributed by atoms with Gasteiger partial charge < -0.3 is 5.32 Å². The molecule has 0 bridgehead atoms. The van der Waals surface area contributed by atoms with Gasteiger partial charge in [0.1, 0.15) is 0 Å². The molecule has 0 aliphatic carbocycles. The van der Waals surface area contributed by atoms with Crippen molar-refractivity contribution in [3.8, 4) is 0 Å². The topological polar surface area (TPSA) is 15.3 Å². The zero-order valence-electron chi connectivity index (χ0n) is 10.4. The van der Waals surface area contributed by atoms with E-state index in [0.717, 1.165) is 24.5 Å². The molecule has 1 rings (SSSR count). The highest BCUT2D eigenvalue weighted by atomic mass is 15.2. The minimum Gasteiger partial charge on any atom is -0.313 e. The molecule has 1 heterocycles. The van der Waals surface area contributed by atoms with Gasteiger partial charge >= 0.3 is 0 Å². The molecule has 2 nitrogen and oxygen atoms in total. The zero-order valence-corrected chi connectivity index (χ0v) is 10.4. The minimum absolute atomic E-state index is 0.686. The summed E-state index contributed by atoms with van der Waals surface area (Å²) in [5, 5.41) is 3.57. The second-order valence-electron chi connectivity index (χ2n) is 5.09. The molecule has 0 saturated carbocycles. The Morgan fingerprint density at radius 2 is 1.93 bits per heavy atom. The van der Waals surface area contributed by atoms with Crippen LogP contribution in [0.1, 0.15) is 41.0 Å². The second kappa shape index (κ2) is 5.13. The van der Waals surface area contributed by atoms with Gasteiger partial charge in [0, 0.05) is 24.7 Å². The summed E-state index contributed by atoms with van der Waals surface area (Å²) in [5.74, 6) is 0.779. The Kier molecular flexibility index (Phi) is 4.39. The van der Waals surface area contributed by atoms with E-state index in [4.69, 9.17) is 0 Å². The maximum absolute atomic E-state index is 3.57. The summed E-state index contributed by atoms with van der Waals surface area (Å²) in [6.45, 7) is 13.8. The van der Waals surface area contributed by atoms with Crippen molar-refractivity contribution in [1.82, 2.24) is 10.2 Å². The molecule has 2 atom stereocenters. The van der Waals surface area contributed by atoms with Crippen LogP contribution >= 0.6 is 0 Å². The molecule has 1 aliphatic rings. The van der Waals surface area contributed by atoms with Crippen LogP contribution in [0.25, 0.3) is 0 Å². The van der Waals surface area contributed by atoms with E-state index >= 15 is 0 Å². The lowest BCUT2D eigenvalue weighted by atomic mass is 10.00. The third-order valence-electron chi connectivity index (χ3n) is 3.31. The van der Waals surface area contributed by atoms with Crippen LogP contribution in [-0.4, -0.2) is 36.1 Å². The van der Waals surface area contributed by atoms with Gasteiger partial charge in [0.25, 0.3) is 0 Å². The van der Waals surface area contributed by atoms with E-state index in [-0.39, 0.29) is 0 Å². The lowest BCUT2D eigenvalue weighted by molar-refractivity contribution is 0.165. The van der Waals surface area contributed by atoms with Gasteiger partial charge in [-0.1, -0.05) is 20.8 Å². The Morgan fingerprint density at radius 3 is 2.29 bits per heavy atom. The molecular weight excluding hydrogens is 172 g/mol. The van der Waals surface area contributed by atoms with Gasteiger partial charge in [-0.2, -0.15) is 0 Å². The average Bonchev–Trinajstić information content (AvgIpc) is 2.49. The lowest BCUT2D eigenvalue weighted by Crippen LogP contribution is -2.39. The van der Waals surface area contributed by atoms with Gasteiger partial charge in [0.15, 0.2) is 0 Å².